The highest BCUT2D eigenvalue weighted by Gasteiger charge is 2.09. The molecule has 1 aromatic carbocycles. The van der Waals surface area contributed by atoms with E-state index in [1.807, 2.05) is 6.92 Å². The molecule has 4 heteroatoms. The van der Waals surface area contributed by atoms with Gasteiger partial charge in [-0.2, -0.15) is 0 Å². The molecular weight excluding hydrogens is 252 g/mol. The van der Waals surface area contributed by atoms with E-state index >= 15 is 0 Å². The monoisotopic (exact) mass is 274 g/mol. The van der Waals surface area contributed by atoms with Crippen molar-refractivity contribution in [2.24, 2.45) is 0 Å². The largest absolute Gasteiger partial charge is 0.481 e. The molecule has 0 unspecified atom stereocenters. The molecule has 0 spiro atoms. The van der Waals surface area contributed by atoms with Crippen LogP contribution in [0.5, 0.6) is 0 Å². The highest BCUT2D eigenvalue weighted by molar-refractivity contribution is 5.80. The van der Waals surface area contributed by atoms with Crippen LogP contribution < -0.4 is 0 Å². The summed E-state index contributed by atoms with van der Waals surface area (Å²) >= 11 is 0. The Morgan fingerprint density at radius 3 is 2.65 bits per heavy atom. The van der Waals surface area contributed by atoms with Crippen LogP contribution in [0.4, 0.5) is 0 Å². The van der Waals surface area contributed by atoms with Gasteiger partial charge in [-0.05, 0) is 50.8 Å². The molecule has 108 valence electrons. The second kappa shape index (κ2) is 6.07. The first-order valence-electron chi connectivity index (χ1n) is 7.15. The highest BCUT2D eigenvalue weighted by atomic mass is 16.4. The maximum Gasteiger partial charge on any atom is 0.303 e. The Bertz CT molecular complexity index is 629. The third kappa shape index (κ3) is 3.18. The van der Waals surface area contributed by atoms with Crippen molar-refractivity contribution in [3.05, 3.63) is 29.1 Å². The van der Waals surface area contributed by atoms with E-state index < -0.39 is 5.97 Å². The van der Waals surface area contributed by atoms with E-state index in [1.165, 1.54) is 16.6 Å². The number of benzene rings is 1. The van der Waals surface area contributed by atoms with E-state index in [1.54, 1.807) is 0 Å². The zero-order chi connectivity index (χ0) is 14.7. The second-order valence-corrected chi connectivity index (χ2v) is 5.46. The molecule has 0 aliphatic rings. The number of hydrogen-bond acceptors (Lipinski definition) is 2. The second-order valence-electron chi connectivity index (χ2n) is 5.46. The molecule has 0 aliphatic heterocycles. The van der Waals surface area contributed by atoms with Gasteiger partial charge in [-0.25, -0.2) is 4.98 Å². The molecule has 20 heavy (non-hydrogen) atoms. The Kier molecular flexibility index (Phi) is 4.42. The number of carboxylic acids is 1. The lowest BCUT2D eigenvalue weighted by molar-refractivity contribution is -0.137. The lowest BCUT2D eigenvalue weighted by Gasteiger charge is -2.07. The summed E-state index contributed by atoms with van der Waals surface area (Å²) in [5.74, 6) is 0.326. The minimum absolute atomic E-state index is 0.266. The number of carboxylic acid groups (broad SMARTS) is 1. The Morgan fingerprint density at radius 2 is 1.95 bits per heavy atom. The fourth-order valence-corrected chi connectivity index (χ4v) is 2.69. The number of carbonyl (C=O) groups is 1. The quantitative estimate of drug-likeness (QED) is 0.819. The van der Waals surface area contributed by atoms with Gasteiger partial charge >= 0.3 is 5.97 Å². The van der Waals surface area contributed by atoms with Crippen LogP contribution in [-0.2, 0) is 11.3 Å². The van der Waals surface area contributed by atoms with Gasteiger partial charge in [0.1, 0.15) is 5.82 Å². The van der Waals surface area contributed by atoms with Crippen molar-refractivity contribution in [1.29, 1.82) is 0 Å². The Labute approximate surface area is 119 Å². The zero-order valence-corrected chi connectivity index (χ0v) is 12.4. The van der Waals surface area contributed by atoms with Crippen molar-refractivity contribution < 1.29 is 9.90 Å². The standard InChI is InChI=1S/C16H22N2O2/c1-11-9-12(2)16-14(10-11)18(13(3)17-16)8-6-4-5-7-15(19)20/h9-10H,4-8H2,1-3H3,(H,19,20). The number of nitrogens with zero attached hydrogens (tertiary/aromatic N) is 2. The van der Waals surface area contributed by atoms with Crippen LogP contribution >= 0.6 is 0 Å². The summed E-state index contributed by atoms with van der Waals surface area (Å²) in [6, 6.07) is 4.34. The lowest BCUT2D eigenvalue weighted by Crippen LogP contribution is -2.01. The first-order chi connectivity index (χ1) is 9.49. The van der Waals surface area contributed by atoms with Crippen LogP contribution in [0.15, 0.2) is 12.1 Å². The maximum atomic E-state index is 10.5. The average Bonchev–Trinajstić information content (AvgIpc) is 2.66. The summed E-state index contributed by atoms with van der Waals surface area (Å²) in [6.45, 7) is 7.14. The van der Waals surface area contributed by atoms with Gasteiger partial charge < -0.3 is 9.67 Å². The summed E-state index contributed by atoms with van der Waals surface area (Å²) < 4.78 is 2.25. The number of rotatable bonds is 6. The topological polar surface area (TPSA) is 55.1 Å². The first-order valence-corrected chi connectivity index (χ1v) is 7.15. The summed E-state index contributed by atoms with van der Waals surface area (Å²) in [4.78, 5) is 15.1. The summed E-state index contributed by atoms with van der Waals surface area (Å²) in [5, 5.41) is 8.63. The number of imidazole rings is 1. The van der Waals surface area contributed by atoms with E-state index in [2.05, 4.69) is 35.5 Å². The van der Waals surface area contributed by atoms with E-state index in [0.29, 0.717) is 0 Å². The fourth-order valence-electron chi connectivity index (χ4n) is 2.69. The Balaban J connectivity index is 2.10. The van der Waals surface area contributed by atoms with Crippen molar-refractivity contribution in [3.63, 3.8) is 0 Å². The third-order valence-electron chi connectivity index (χ3n) is 3.65. The van der Waals surface area contributed by atoms with Gasteiger partial charge in [0.2, 0.25) is 0 Å². The summed E-state index contributed by atoms with van der Waals surface area (Å²) in [6.07, 6.45) is 2.95. The fraction of sp³-hybridized carbons (Fsp3) is 0.500. The minimum Gasteiger partial charge on any atom is -0.481 e. The van der Waals surface area contributed by atoms with E-state index in [4.69, 9.17) is 5.11 Å². The van der Waals surface area contributed by atoms with Crippen LogP contribution in [0.1, 0.15) is 42.6 Å². The van der Waals surface area contributed by atoms with Gasteiger partial charge in [-0.1, -0.05) is 12.5 Å². The molecule has 1 aromatic heterocycles. The molecule has 0 radical (unpaired) electrons. The molecule has 1 heterocycles. The lowest BCUT2D eigenvalue weighted by atomic mass is 10.1. The van der Waals surface area contributed by atoms with Gasteiger partial charge in [0.05, 0.1) is 11.0 Å². The molecule has 2 aromatic rings. The number of hydrogen-bond donors (Lipinski definition) is 1. The number of fused-ring (bicyclic) bond motifs is 1. The van der Waals surface area contributed by atoms with E-state index in [0.717, 1.165) is 37.1 Å². The smallest absolute Gasteiger partial charge is 0.303 e. The minimum atomic E-state index is -0.708. The first kappa shape index (κ1) is 14.6. The van der Waals surface area contributed by atoms with Crippen molar-refractivity contribution in [2.75, 3.05) is 0 Å². The van der Waals surface area contributed by atoms with Gasteiger partial charge in [-0.15, -0.1) is 0 Å². The molecule has 0 atom stereocenters. The molecule has 0 saturated carbocycles. The number of aryl methyl sites for hydroxylation is 4. The number of unbranched alkanes of at least 4 members (excludes halogenated alkanes) is 2. The molecular formula is C16H22N2O2. The zero-order valence-electron chi connectivity index (χ0n) is 12.4. The third-order valence-corrected chi connectivity index (χ3v) is 3.65. The van der Waals surface area contributed by atoms with Crippen LogP contribution in [0.25, 0.3) is 11.0 Å². The molecule has 0 saturated heterocycles. The molecule has 0 fully saturated rings. The molecule has 1 N–H and O–H groups in total. The van der Waals surface area contributed by atoms with Crippen LogP contribution in [-0.4, -0.2) is 20.6 Å². The van der Waals surface area contributed by atoms with Gasteiger partial charge in [-0.3, -0.25) is 4.79 Å². The Hall–Kier alpha value is -1.84. The Morgan fingerprint density at radius 1 is 1.20 bits per heavy atom. The van der Waals surface area contributed by atoms with Crippen molar-refractivity contribution in [2.45, 2.75) is 53.0 Å². The number of aromatic nitrogens is 2. The predicted molar refractivity (Wildman–Crippen MR) is 80.0 cm³/mol. The molecule has 0 aliphatic carbocycles. The SMILES string of the molecule is Cc1cc(C)c2nc(C)n(CCCCCC(=O)O)c2c1. The van der Waals surface area contributed by atoms with Crippen LogP contribution in [0, 0.1) is 20.8 Å². The highest BCUT2D eigenvalue weighted by Crippen LogP contribution is 2.22. The molecule has 0 bridgehead atoms. The molecule has 2 rings (SSSR count). The van der Waals surface area contributed by atoms with Crippen molar-refractivity contribution in [1.82, 2.24) is 9.55 Å². The van der Waals surface area contributed by atoms with Gasteiger partial charge in [0.15, 0.2) is 0 Å². The van der Waals surface area contributed by atoms with Crippen LogP contribution in [0.2, 0.25) is 0 Å². The van der Waals surface area contributed by atoms with Crippen molar-refractivity contribution >= 4 is 17.0 Å². The molecule has 4 nitrogen and oxygen atoms in total. The summed E-state index contributed by atoms with van der Waals surface area (Å²) in [7, 11) is 0. The van der Waals surface area contributed by atoms with E-state index in [9.17, 15) is 4.79 Å². The van der Waals surface area contributed by atoms with Gasteiger partial charge in [0, 0.05) is 13.0 Å². The summed E-state index contributed by atoms with van der Waals surface area (Å²) in [5.41, 5.74) is 4.74. The maximum absolute atomic E-state index is 10.5. The van der Waals surface area contributed by atoms with E-state index in [-0.39, 0.29) is 6.42 Å². The average molecular weight is 274 g/mol. The van der Waals surface area contributed by atoms with Crippen LogP contribution in [0.3, 0.4) is 0 Å². The molecule has 0 amide bonds. The number of aliphatic carboxylic acids is 1. The normalized spacial score (nSPS) is 11.2. The van der Waals surface area contributed by atoms with Crippen molar-refractivity contribution in [3.8, 4) is 0 Å². The predicted octanol–water partition coefficient (Wildman–Crippen LogP) is 3.61. The van der Waals surface area contributed by atoms with Gasteiger partial charge in [0.25, 0.3) is 0 Å².